The third-order valence-electron chi connectivity index (χ3n) is 2.99. The van der Waals surface area contributed by atoms with E-state index in [1.54, 1.807) is 6.07 Å². The topological polar surface area (TPSA) is 36.7 Å². The summed E-state index contributed by atoms with van der Waals surface area (Å²) in [6, 6.07) is 17.8. The lowest BCUT2D eigenvalue weighted by atomic mass is 10.0. The van der Waals surface area contributed by atoms with Crippen molar-refractivity contribution in [1.29, 1.82) is 5.26 Å². The number of nitriles is 1. The fraction of sp³-hybridized carbons (Fsp3) is 0. The zero-order valence-corrected chi connectivity index (χ0v) is 11.6. The van der Waals surface area contributed by atoms with Crippen molar-refractivity contribution in [3.63, 3.8) is 0 Å². The van der Waals surface area contributed by atoms with Gasteiger partial charge in [-0.1, -0.05) is 28.1 Å². The second kappa shape index (κ2) is 4.83. The van der Waals surface area contributed by atoms with E-state index in [2.05, 4.69) is 33.0 Å². The molecule has 0 bridgehead atoms. The molecule has 0 spiro atoms. The molecule has 3 heteroatoms. The van der Waals surface area contributed by atoms with Gasteiger partial charge in [-0.3, -0.25) is 4.98 Å². The van der Waals surface area contributed by atoms with Gasteiger partial charge in [0.1, 0.15) is 0 Å². The van der Waals surface area contributed by atoms with Gasteiger partial charge in [0.25, 0.3) is 0 Å². The van der Waals surface area contributed by atoms with Crippen molar-refractivity contribution in [2.75, 3.05) is 0 Å². The van der Waals surface area contributed by atoms with Crippen molar-refractivity contribution in [1.82, 2.24) is 4.98 Å². The highest BCUT2D eigenvalue weighted by Gasteiger charge is 2.02. The second-order valence-electron chi connectivity index (χ2n) is 4.25. The van der Waals surface area contributed by atoms with E-state index in [0.717, 1.165) is 26.5 Å². The predicted octanol–water partition coefficient (Wildman–Crippen LogP) is 4.54. The minimum Gasteiger partial charge on any atom is -0.256 e. The number of benzene rings is 2. The van der Waals surface area contributed by atoms with Crippen LogP contribution in [0.25, 0.3) is 22.0 Å². The van der Waals surface area contributed by atoms with E-state index >= 15 is 0 Å². The first-order valence-corrected chi connectivity index (χ1v) is 6.61. The molecule has 0 saturated carbocycles. The zero-order chi connectivity index (χ0) is 13.2. The van der Waals surface area contributed by atoms with Gasteiger partial charge in [0, 0.05) is 21.6 Å². The lowest BCUT2D eigenvalue weighted by molar-refractivity contribution is 1.40. The summed E-state index contributed by atoms with van der Waals surface area (Å²) in [7, 11) is 0. The Morgan fingerprint density at radius 1 is 0.947 bits per heavy atom. The average Bonchev–Trinajstić information content (AvgIpc) is 2.47. The molecule has 0 fully saturated rings. The Balaban J connectivity index is 2.15. The van der Waals surface area contributed by atoms with Gasteiger partial charge in [-0.15, -0.1) is 0 Å². The summed E-state index contributed by atoms with van der Waals surface area (Å²) in [5.74, 6) is 0. The van der Waals surface area contributed by atoms with Crippen molar-refractivity contribution >= 4 is 26.8 Å². The molecule has 0 amide bonds. The maximum atomic E-state index is 8.94. The minimum absolute atomic E-state index is 0.655. The molecule has 0 aliphatic rings. The summed E-state index contributed by atoms with van der Waals surface area (Å²) in [6.45, 7) is 0. The van der Waals surface area contributed by atoms with Crippen molar-refractivity contribution < 1.29 is 0 Å². The molecule has 19 heavy (non-hydrogen) atoms. The van der Waals surface area contributed by atoms with Gasteiger partial charge in [-0.25, -0.2) is 0 Å². The molecule has 0 atom stereocenters. The van der Waals surface area contributed by atoms with E-state index in [4.69, 9.17) is 5.26 Å². The highest BCUT2D eigenvalue weighted by Crippen LogP contribution is 2.24. The molecule has 3 aromatic rings. The largest absolute Gasteiger partial charge is 0.256 e. The van der Waals surface area contributed by atoms with Crippen LogP contribution in [0.1, 0.15) is 5.56 Å². The number of fused-ring (bicyclic) bond motifs is 1. The van der Waals surface area contributed by atoms with Crippen LogP contribution in [0.5, 0.6) is 0 Å². The standard InChI is InChI=1S/C16H9BrN2/c17-15-4-2-12(3-5-15)14-8-13-7-11(9-18)1-6-16(13)19-10-14/h1-8,10H. The molecule has 2 nitrogen and oxygen atoms in total. The van der Waals surface area contributed by atoms with Gasteiger partial charge in [0.05, 0.1) is 17.1 Å². The first-order chi connectivity index (χ1) is 9.26. The fourth-order valence-corrected chi connectivity index (χ4v) is 2.27. The molecular formula is C16H9BrN2. The van der Waals surface area contributed by atoms with E-state index in [1.165, 1.54) is 0 Å². The first kappa shape index (κ1) is 11.9. The highest BCUT2D eigenvalue weighted by atomic mass is 79.9. The van der Waals surface area contributed by atoms with Crippen LogP contribution < -0.4 is 0 Å². The molecule has 1 aromatic heterocycles. The van der Waals surface area contributed by atoms with Gasteiger partial charge in [0.15, 0.2) is 0 Å². The van der Waals surface area contributed by atoms with Gasteiger partial charge < -0.3 is 0 Å². The number of aromatic nitrogens is 1. The van der Waals surface area contributed by atoms with Crippen LogP contribution in [-0.2, 0) is 0 Å². The van der Waals surface area contributed by atoms with E-state index in [1.807, 2.05) is 42.6 Å². The number of nitrogens with zero attached hydrogens (tertiary/aromatic N) is 2. The zero-order valence-electron chi connectivity index (χ0n) is 9.97. The lowest BCUT2D eigenvalue weighted by Gasteiger charge is -2.04. The molecule has 0 saturated heterocycles. The summed E-state index contributed by atoms with van der Waals surface area (Å²) >= 11 is 3.42. The molecule has 0 N–H and O–H groups in total. The predicted molar refractivity (Wildman–Crippen MR) is 79.6 cm³/mol. The van der Waals surface area contributed by atoms with Gasteiger partial charge in [-0.2, -0.15) is 5.26 Å². The summed E-state index contributed by atoms with van der Waals surface area (Å²) in [5, 5.41) is 9.92. The van der Waals surface area contributed by atoms with Crippen molar-refractivity contribution in [2.45, 2.75) is 0 Å². The monoisotopic (exact) mass is 308 g/mol. The Labute approximate surface area is 119 Å². The van der Waals surface area contributed by atoms with Crippen LogP contribution in [0.2, 0.25) is 0 Å². The Morgan fingerprint density at radius 3 is 2.47 bits per heavy atom. The third kappa shape index (κ3) is 2.35. The van der Waals surface area contributed by atoms with Gasteiger partial charge in [0.2, 0.25) is 0 Å². The summed E-state index contributed by atoms with van der Waals surface area (Å²) in [4.78, 5) is 4.43. The molecule has 1 heterocycles. The number of hydrogen-bond donors (Lipinski definition) is 0. The van der Waals surface area contributed by atoms with Gasteiger partial charge >= 0.3 is 0 Å². The molecule has 90 valence electrons. The normalized spacial score (nSPS) is 10.3. The van der Waals surface area contributed by atoms with Crippen molar-refractivity contribution in [3.05, 3.63) is 64.8 Å². The molecule has 0 aliphatic carbocycles. The quantitative estimate of drug-likeness (QED) is 0.662. The van der Waals surface area contributed by atoms with Crippen LogP contribution >= 0.6 is 15.9 Å². The van der Waals surface area contributed by atoms with Crippen molar-refractivity contribution in [3.8, 4) is 17.2 Å². The third-order valence-corrected chi connectivity index (χ3v) is 3.52. The Kier molecular flexibility index (Phi) is 3.02. The van der Waals surface area contributed by atoms with E-state index in [9.17, 15) is 0 Å². The molecule has 0 unspecified atom stereocenters. The van der Waals surface area contributed by atoms with E-state index < -0.39 is 0 Å². The fourth-order valence-electron chi connectivity index (χ4n) is 2.00. The number of pyridine rings is 1. The summed E-state index contributed by atoms with van der Waals surface area (Å²) in [5.41, 5.74) is 3.72. The smallest absolute Gasteiger partial charge is 0.0991 e. The van der Waals surface area contributed by atoms with Crippen LogP contribution in [0.15, 0.2) is 59.2 Å². The van der Waals surface area contributed by atoms with Crippen molar-refractivity contribution in [2.24, 2.45) is 0 Å². The molecule has 2 aromatic carbocycles. The van der Waals surface area contributed by atoms with Crippen LogP contribution in [-0.4, -0.2) is 4.98 Å². The molecular weight excluding hydrogens is 300 g/mol. The molecule has 0 aliphatic heterocycles. The summed E-state index contributed by atoms with van der Waals surface area (Å²) < 4.78 is 1.05. The van der Waals surface area contributed by atoms with E-state index in [0.29, 0.717) is 5.56 Å². The van der Waals surface area contributed by atoms with Crippen LogP contribution in [0, 0.1) is 11.3 Å². The van der Waals surface area contributed by atoms with Crippen LogP contribution in [0.3, 0.4) is 0 Å². The molecule has 3 rings (SSSR count). The number of hydrogen-bond acceptors (Lipinski definition) is 2. The molecule has 0 radical (unpaired) electrons. The second-order valence-corrected chi connectivity index (χ2v) is 5.17. The van der Waals surface area contributed by atoms with Crippen LogP contribution in [0.4, 0.5) is 0 Å². The maximum absolute atomic E-state index is 8.94. The highest BCUT2D eigenvalue weighted by molar-refractivity contribution is 9.10. The lowest BCUT2D eigenvalue weighted by Crippen LogP contribution is -1.84. The van der Waals surface area contributed by atoms with E-state index in [-0.39, 0.29) is 0 Å². The SMILES string of the molecule is N#Cc1ccc2ncc(-c3ccc(Br)cc3)cc2c1. The average molecular weight is 309 g/mol. The Bertz CT molecular complexity index is 786. The maximum Gasteiger partial charge on any atom is 0.0991 e. The van der Waals surface area contributed by atoms with Gasteiger partial charge in [-0.05, 0) is 42.0 Å². The number of rotatable bonds is 1. The number of halogens is 1. The minimum atomic E-state index is 0.655. The first-order valence-electron chi connectivity index (χ1n) is 5.82. The Hall–Kier alpha value is -2.18. The summed E-state index contributed by atoms with van der Waals surface area (Å²) in [6.07, 6.45) is 1.86. The Morgan fingerprint density at radius 2 is 1.74 bits per heavy atom.